The van der Waals surface area contributed by atoms with Crippen molar-refractivity contribution in [3.05, 3.63) is 33.6 Å². The minimum absolute atomic E-state index is 0.161. The third kappa shape index (κ3) is 4.05. The second kappa shape index (κ2) is 7.38. The monoisotopic (exact) mass is 371 g/mol. The third-order valence-electron chi connectivity index (χ3n) is 3.48. The Bertz CT molecular complexity index is 602. The summed E-state index contributed by atoms with van der Waals surface area (Å²) < 4.78 is 6.22. The lowest BCUT2D eigenvalue weighted by Crippen LogP contribution is -2.31. The second-order valence-electron chi connectivity index (χ2n) is 5.12. The van der Waals surface area contributed by atoms with Crippen molar-refractivity contribution in [1.82, 2.24) is 15.5 Å². The van der Waals surface area contributed by atoms with Crippen LogP contribution in [-0.4, -0.2) is 22.7 Å². The Labute approximate surface area is 138 Å². The van der Waals surface area contributed by atoms with Crippen LogP contribution in [0.4, 0.5) is 0 Å². The van der Waals surface area contributed by atoms with Crippen LogP contribution in [0.25, 0.3) is 11.4 Å². The quantitative estimate of drug-likeness (QED) is 0.802. The van der Waals surface area contributed by atoms with E-state index in [2.05, 4.69) is 52.2 Å². The first-order valence-electron chi connectivity index (χ1n) is 7.05. The zero-order chi connectivity index (χ0) is 15.4. The van der Waals surface area contributed by atoms with Crippen molar-refractivity contribution in [3.63, 3.8) is 0 Å². The van der Waals surface area contributed by atoms with Gasteiger partial charge in [0.25, 0.3) is 0 Å². The maximum Gasteiger partial charge on any atom is 0.231 e. The van der Waals surface area contributed by atoms with Crippen LogP contribution >= 0.6 is 27.5 Å². The Hall–Kier alpha value is -0.910. The van der Waals surface area contributed by atoms with Gasteiger partial charge in [0.2, 0.25) is 11.7 Å². The summed E-state index contributed by atoms with van der Waals surface area (Å²) in [5.41, 5.74) is 0.877. The molecule has 0 spiro atoms. The maximum absolute atomic E-state index is 5.99. The first kappa shape index (κ1) is 16.5. The minimum atomic E-state index is 0.161. The standard InChI is InChI=1S/C15H19BrClN3O/c1-4-7-18-10(3)9(2)15-19-14(20-21-15)11-5-6-13(17)12(16)8-11/h5-6,8-10,18H,4,7H2,1-3H3. The Morgan fingerprint density at radius 1 is 1.38 bits per heavy atom. The fraction of sp³-hybridized carbons (Fsp3) is 0.467. The Kier molecular flexibility index (Phi) is 5.79. The number of hydrogen-bond acceptors (Lipinski definition) is 4. The smallest absolute Gasteiger partial charge is 0.231 e. The van der Waals surface area contributed by atoms with Crippen molar-refractivity contribution < 1.29 is 4.52 Å². The molecule has 0 saturated carbocycles. The van der Waals surface area contributed by atoms with Gasteiger partial charge in [-0.25, -0.2) is 0 Å². The number of halogens is 2. The lowest BCUT2D eigenvalue weighted by Gasteiger charge is -2.17. The van der Waals surface area contributed by atoms with Crippen molar-refractivity contribution in [2.45, 2.75) is 39.2 Å². The highest BCUT2D eigenvalue weighted by Crippen LogP contribution is 2.28. The van der Waals surface area contributed by atoms with Gasteiger partial charge >= 0.3 is 0 Å². The fourth-order valence-corrected chi connectivity index (χ4v) is 2.43. The van der Waals surface area contributed by atoms with Gasteiger partial charge in [0, 0.05) is 16.1 Å². The molecule has 0 aliphatic rings. The summed E-state index contributed by atoms with van der Waals surface area (Å²) in [7, 11) is 0. The van der Waals surface area contributed by atoms with Crippen molar-refractivity contribution in [2.24, 2.45) is 0 Å². The molecule has 0 radical (unpaired) electrons. The number of hydrogen-bond donors (Lipinski definition) is 1. The number of aromatic nitrogens is 2. The van der Waals surface area contributed by atoms with Crippen molar-refractivity contribution in [3.8, 4) is 11.4 Å². The van der Waals surface area contributed by atoms with E-state index in [1.54, 1.807) is 0 Å². The van der Waals surface area contributed by atoms with Gasteiger partial charge < -0.3 is 9.84 Å². The Morgan fingerprint density at radius 3 is 2.81 bits per heavy atom. The zero-order valence-electron chi connectivity index (χ0n) is 12.4. The molecule has 1 N–H and O–H groups in total. The molecule has 0 fully saturated rings. The average molecular weight is 373 g/mol. The van der Waals surface area contributed by atoms with Gasteiger partial charge in [0.15, 0.2) is 0 Å². The molecule has 1 aromatic carbocycles. The lowest BCUT2D eigenvalue weighted by atomic mass is 10.0. The summed E-state index contributed by atoms with van der Waals surface area (Å²) in [5, 5.41) is 8.17. The zero-order valence-corrected chi connectivity index (χ0v) is 14.7. The van der Waals surface area contributed by atoms with E-state index < -0.39 is 0 Å². The van der Waals surface area contributed by atoms with Crippen LogP contribution in [0.15, 0.2) is 27.2 Å². The van der Waals surface area contributed by atoms with Gasteiger partial charge in [-0.2, -0.15) is 4.98 Å². The van der Waals surface area contributed by atoms with E-state index in [4.69, 9.17) is 16.1 Å². The van der Waals surface area contributed by atoms with Crippen molar-refractivity contribution in [2.75, 3.05) is 6.54 Å². The Balaban J connectivity index is 2.15. The van der Waals surface area contributed by atoms with Crippen LogP contribution in [0, 0.1) is 0 Å². The predicted octanol–water partition coefficient (Wildman–Crippen LogP) is 4.64. The molecule has 1 heterocycles. The first-order chi connectivity index (χ1) is 10.0. The molecule has 1 aromatic heterocycles. The second-order valence-corrected chi connectivity index (χ2v) is 6.38. The van der Waals surface area contributed by atoms with E-state index in [1.165, 1.54) is 0 Å². The minimum Gasteiger partial charge on any atom is -0.339 e. The first-order valence-corrected chi connectivity index (χ1v) is 8.22. The predicted molar refractivity (Wildman–Crippen MR) is 88.6 cm³/mol. The van der Waals surface area contributed by atoms with E-state index in [9.17, 15) is 0 Å². The van der Waals surface area contributed by atoms with Crippen LogP contribution in [0.3, 0.4) is 0 Å². The molecule has 2 atom stereocenters. The van der Waals surface area contributed by atoms with Gasteiger partial charge in [0.1, 0.15) is 0 Å². The van der Waals surface area contributed by atoms with Gasteiger partial charge in [-0.15, -0.1) is 0 Å². The van der Waals surface area contributed by atoms with Crippen LogP contribution in [-0.2, 0) is 0 Å². The molecule has 0 bridgehead atoms. The third-order valence-corrected chi connectivity index (χ3v) is 4.69. The number of nitrogens with one attached hydrogen (secondary N) is 1. The molecular weight excluding hydrogens is 354 g/mol. The summed E-state index contributed by atoms with van der Waals surface area (Å²) in [6.45, 7) is 7.34. The van der Waals surface area contributed by atoms with Crippen LogP contribution < -0.4 is 5.32 Å². The lowest BCUT2D eigenvalue weighted by molar-refractivity contribution is 0.331. The maximum atomic E-state index is 5.99. The summed E-state index contributed by atoms with van der Waals surface area (Å²) in [6, 6.07) is 5.87. The molecule has 4 nitrogen and oxygen atoms in total. The molecule has 0 aliphatic carbocycles. The van der Waals surface area contributed by atoms with E-state index in [0.717, 1.165) is 23.0 Å². The van der Waals surface area contributed by atoms with Gasteiger partial charge in [-0.1, -0.05) is 30.6 Å². The largest absolute Gasteiger partial charge is 0.339 e. The topological polar surface area (TPSA) is 51.0 Å². The highest BCUT2D eigenvalue weighted by Gasteiger charge is 2.20. The molecular formula is C15H19BrClN3O. The van der Waals surface area contributed by atoms with Crippen LogP contribution in [0.1, 0.15) is 39.0 Å². The van der Waals surface area contributed by atoms with Crippen molar-refractivity contribution in [1.29, 1.82) is 0 Å². The molecule has 2 unspecified atom stereocenters. The molecule has 2 aromatic rings. The molecule has 21 heavy (non-hydrogen) atoms. The van der Waals surface area contributed by atoms with E-state index >= 15 is 0 Å². The molecule has 0 saturated heterocycles. The number of rotatable bonds is 6. The summed E-state index contributed by atoms with van der Waals surface area (Å²) in [6.07, 6.45) is 1.10. The van der Waals surface area contributed by atoms with E-state index in [1.807, 2.05) is 18.2 Å². The highest BCUT2D eigenvalue weighted by molar-refractivity contribution is 9.10. The molecule has 0 aliphatic heterocycles. The summed E-state index contributed by atoms with van der Waals surface area (Å²) in [5.74, 6) is 1.39. The molecule has 6 heteroatoms. The van der Waals surface area contributed by atoms with E-state index in [0.29, 0.717) is 16.7 Å². The summed E-state index contributed by atoms with van der Waals surface area (Å²) in [4.78, 5) is 4.50. The van der Waals surface area contributed by atoms with E-state index in [-0.39, 0.29) is 12.0 Å². The average Bonchev–Trinajstić information content (AvgIpc) is 2.96. The SMILES string of the molecule is CCCNC(C)C(C)c1nc(-c2ccc(Cl)c(Br)c2)no1. The van der Waals surface area contributed by atoms with Gasteiger partial charge in [-0.3, -0.25) is 0 Å². The number of nitrogens with zero attached hydrogens (tertiary/aromatic N) is 2. The van der Waals surface area contributed by atoms with Crippen LogP contribution in [0.2, 0.25) is 5.02 Å². The normalized spacial score (nSPS) is 14.1. The molecule has 0 amide bonds. The van der Waals surface area contributed by atoms with Crippen LogP contribution in [0.5, 0.6) is 0 Å². The highest BCUT2D eigenvalue weighted by atomic mass is 79.9. The molecule has 2 rings (SSSR count). The van der Waals surface area contributed by atoms with Gasteiger partial charge in [-0.05, 0) is 54.0 Å². The molecule has 114 valence electrons. The summed E-state index contributed by atoms with van der Waals surface area (Å²) >= 11 is 9.40. The fourth-order valence-electron chi connectivity index (χ4n) is 1.94. The van der Waals surface area contributed by atoms with Gasteiger partial charge in [0.05, 0.1) is 10.9 Å². The Morgan fingerprint density at radius 2 is 2.14 bits per heavy atom. The van der Waals surface area contributed by atoms with Crippen molar-refractivity contribution >= 4 is 27.5 Å². The number of benzene rings is 1.